The minimum absolute atomic E-state index is 0.0327. The van der Waals surface area contributed by atoms with Crippen molar-refractivity contribution >= 4 is 28.0 Å². The number of carbonyl (C=O) groups is 2. The van der Waals surface area contributed by atoms with Crippen LogP contribution >= 0.6 is 15.9 Å². The summed E-state index contributed by atoms with van der Waals surface area (Å²) in [7, 11) is 0. The summed E-state index contributed by atoms with van der Waals surface area (Å²) in [4.78, 5) is 24.3. The molecule has 0 aromatic heterocycles. The first-order chi connectivity index (χ1) is 11.5. The molecule has 2 aliphatic rings. The topological polar surface area (TPSA) is 43.4 Å². The molecule has 24 heavy (non-hydrogen) atoms. The normalized spacial score (nSPS) is 24.0. The van der Waals surface area contributed by atoms with Gasteiger partial charge in [0.1, 0.15) is 24.1 Å². The Morgan fingerprint density at radius 1 is 1.29 bits per heavy atom. The number of Topliss-reactive ketones (excluding diaryl/α,β-unsaturated/α-hetero) is 1. The number of ether oxygens (including phenoxy) is 1. The van der Waals surface area contributed by atoms with Crippen LogP contribution in [0.5, 0.6) is 5.75 Å². The molecule has 1 heterocycles. The summed E-state index contributed by atoms with van der Waals surface area (Å²) < 4.78 is 33.6. The van der Waals surface area contributed by atoms with Crippen molar-refractivity contribution in [2.24, 2.45) is 0 Å². The third-order valence-corrected chi connectivity index (χ3v) is 5.50. The fraction of sp³-hybridized carbons (Fsp3) is 0.222. The van der Waals surface area contributed by atoms with Gasteiger partial charge in [-0.25, -0.2) is 8.78 Å². The number of benzene rings is 2. The van der Waals surface area contributed by atoms with Gasteiger partial charge in [0, 0.05) is 22.5 Å². The smallest absolute Gasteiger partial charge is 0.162 e. The predicted molar refractivity (Wildman–Crippen MR) is 85.2 cm³/mol. The largest absolute Gasteiger partial charge is 0.491 e. The lowest BCUT2D eigenvalue weighted by atomic mass is 9.75. The van der Waals surface area contributed by atoms with Crippen molar-refractivity contribution in [2.45, 2.75) is 17.8 Å². The maximum absolute atomic E-state index is 13.8. The fourth-order valence-electron chi connectivity index (χ4n) is 3.83. The molecule has 0 fully saturated rings. The molecule has 2 aromatic rings. The molecule has 0 bridgehead atoms. The van der Waals surface area contributed by atoms with E-state index in [0.717, 1.165) is 17.7 Å². The highest BCUT2D eigenvalue weighted by Crippen LogP contribution is 2.55. The lowest BCUT2D eigenvalue weighted by Gasteiger charge is -2.23. The molecular weight excluding hydrogens is 382 g/mol. The number of halogens is 3. The summed E-state index contributed by atoms with van der Waals surface area (Å²) in [6.07, 6.45) is 0.747. The summed E-state index contributed by atoms with van der Waals surface area (Å²) in [5, 5.41) is 0. The second-order valence-electron chi connectivity index (χ2n) is 5.98. The van der Waals surface area contributed by atoms with E-state index < -0.39 is 23.0 Å². The lowest BCUT2D eigenvalue weighted by Crippen LogP contribution is -2.36. The molecule has 2 aromatic carbocycles. The Balaban J connectivity index is 2.03. The monoisotopic (exact) mass is 392 g/mol. The van der Waals surface area contributed by atoms with Crippen LogP contribution in [-0.2, 0) is 15.0 Å². The van der Waals surface area contributed by atoms with Gasteiger partial charge in [-0.1, -0.05) is 28.1 Å². The van der Waals surface area contributed by atoms with Gasteiger partial charge in [-0.05, 0) is 23.3 Å². The standard InChI is InChI=1S/C18H11BrF2O3/c19-12-3-1-2-9-10(4-5-22)17(23)18(16(9)12)8-24-15-7-14(21)13(20)6-11(15)18/h1-3,5-7,10H,4,8H2. The molecule has 1 aliphatic heterocycles. The van der Waals surface area contributed by atoms with E-state index >= 15 is 0 Å². The Morgan fingerprint density at radius 3 is 2.79 bits per heavy atom. The van der Waals surface area contributed by atoms with E-state index in [1.807, 2.05) is 0 Å². The molecule has 6 heteroatoms. The molecular formula is C18H11BrF2O3. The third-order valence-electron chi connectivity index (χ3n) is 4.84. The van der Waals surface area contributed by atoms with E-state index in [2.05, 4.69) is 15.9 Å². The molecule has 0 saturated heterocycles. The minimum Gasteiger partial charge on any atom is -0.491 e. The van der Waals surface area contributed by atoms with Crippen molar-refractivity contribution in [3.05, 3.63) is 63.1 Å². The number of hydrogen-bond donors (Lipinski definition) is 0. The number of rotatable bonds is 2. The highest BCUT2D eigenvalue weighted by molar-refractivity contribution is 9.10. The van der Waals surface area contributed by atoms with Gasteiger partial charge in [-0.15, -0.1) is 0 Å². The van der Waals surface area contributed by atoms with Crippen LogP contribution < -0.4 is 4.74 Å². The number of aldehydes is 1. The van der Waals surface area contributed by atoms with Gasteiger partial charge in [0.25, 0.3) is 0 Å². The van der Waals surface area contributed by atoms with Crippen LogP contribution in [0.25, 0.3) is 0 Å². The molecule has 0 amide bonds. The van der Waals surface area contributed by atoms with Crippen molar-refractivity contribution in [1.82, 2.24) is 0 Å². The number of ketones is 1. The molecule has 3 nitrogen and oxygen atoms in total. The molecule has 0 N–H and O–H groups in total. The highest BCUT2D eigenvalue weighted by atomic mass is 79.9. The van der Waals surface area contributed by atoms with Gasteiger partial charge in [0.15, 0.2) is 17.4 Å². The van der Waals surface area contributed by atoms with Gasteiger partial charge >= 0.3 is 0 Å². The molecule has 0 saturated carbocycles. The van der Waals surface area contributed by atoms with Crippen molar-refractivity contribution in [3.8, 4) is 5.75 Å². The van der Waals surface area contributed by atoms with E-state index in [-0.39, 0.29) is 24.6 Å². The van der Waals surface area contributed by atoms with Gasteiger partial charge < -0.3 is 9.53 Å². The SMILES string of the molecule is O=CCC1C(=O)C2(COc3cc(F)c(F)cc32)c2c(Br)cccc21. The average Bonchev–Trinajstić information content (AvgIpc) is 3.02. The van der Waals surface area contributed by atoms with Crippen LogP contribution in [0.4, 0.5) is 8.78 Å². The number of hydrogen-bond acceptors (Lipinski definition) is 3. The van der Waals surface area contributed by atoms with Crippen LogP contribution in [-0.4, -0.2) is 18.7 Å². The first-order valence-electron chi connectivity index (χ1n) is 7.40. The predicted octanol–water partition coefficient (Wildman–Crippen LogP) is 3.66. The van der Waals surface area contributed by atoms with Gasteiger partial charge in [-0.2, -0.15) is 0 Å². The Bertz CT molecular complexity index is 896. The first-order valence-corrected chi connectivity index (χ1v) is 8.19. The number of carbonyl (C=O) groups excluding carboxylic acids is 2. The summed E-state index contributed by atoms with van der Waals surface area (Å²) in [5.41, 5.74) is 0.495. The quantitative estimate of drug-likeness (QED) is 0.732. The third kappa shape index (κ3) is 1.80. The van der Waals surface area contributed by atoms with E-state index in [0.29, 0.717) is 21.9 Å². The van der Waals surface area contributed by atoms with Crippen LogP contribution in [0.2, 0.25) is 0 Å². The summed E-state index contributed by atoms with van der Waals surface area (Å²) >= 11 is 3.46. The number of fused-ring (bicyclic) bond motifs is 4. The van der Waals surface area contributed by atoms with Crippen molar-refractivity contribution < 1.29 is 23.1 Å². The van der Waals surface area contributed by atoms with Crippen LogP contribution in [0.1, 0.15) is 29.0 Å². The molecule has 2 atom stereocenters. The maximum Gasteiger partial charge on any atom is 0.162 e. The fourth-order valence-corrected chi connectivity index (χ4v) is 4.55. The molecule has 122 valence electrons. The van der Waals surface area contributed by atoms with Gasteiger partial charge in [0.2, 0.25) is 0 Å². The second-order valence-corrected chi connectivity index (χ2v) is 6.83. The molecule has 1 spiro atoms. The van der Waals surface area contributed by atoms with Gasteiger partial charge in [-0.3, -0.25) is 4.79 Å². The lowest BCUT2D eigenvalue weighted by molar-refractivity contribution is -0.125. The van der Waals surface area contributed by atoms with Crippen LogP contribution in [0.15, 0.2) is 34.8 Å². The average molecular weight is 393 g/mol. The second kappa shape index (κ2) is 5.21. The zero-order valence-electron chi connectivity index (χ0n) is 12.3. The summed E-state index contributed by atoms with van der Waals surface area (Å²) in [6.45, 7) is -0.0327. The first kappa shape index (κ1) is 15.4. The van der Waals surface area contributed by atoms with Crippen molar-refractivity contribution in [2.75, 3.05) is 6.61 Å². The zero-order valence-corrected chi connectivity index (χ0v) is 13.9. The van der Waals surface area contributed by atoms with E-state index in [1.165, 1.54) is 0 Å². The molecule has 0 radical (unpaired) electrons. The molecule has 1 aliphatic carbocycles. The zero-order chi connectivity index (χ0) is 17.1. The summed E-state index contributed by atoms with van der Waals surface area (Å²) in [6, 6.07) is 7.36. The Hall–Kier alpha value is -2.08. The highest BCUT2D eigenvalue weighted by Gasteiger charge is 2.58. The minimum atomic E-state index is -1.22. The van der Waals surface area contributed by atoms with E-state index in [4.69, 9.17) is 4.74 Å². The van der Waals surface area contributed by atoms with E-state index in [1.54, 1.807) is 18.2 Å². The Kier molecular flexibility index (Phi) is 3.35. The summed E-state index contributed by atoms with van der Waals surface area (Å²) in [5.74, 6) is -2.72. The van der Waals surface area contributed by atoms with Crippen LogP contribution in [0, 0.1) is 11.6 Å². The van der Waals surface area contributed by atoms with Crippen molar-refractivity contribution in [1.29, 1.82) is 0 Å². The Labute approximate surface area is 144 Å². The van der Waals surface area contributed by atoms with Crippen molar-refractivity contribution in [3.63, 3.8) is 0 Å². The van der Waals surface area contributed by atoms with Gasteiger partial charge in [0.05, 0.1) is 5.92 Å². The van der Waals surface area contributed by atoms with Crippen LogP contribution in [0.3, 0.4) is 0 Å². The maximum atomic E-state index is 13.8. The van der Waals surface area contributed by atoms with E-state index in [9.17, 15) is 18.4 Å². The Morgan fingerprint density at radius 2 is 2.04 bits per heavy atom. The molecule has 2 unspecified atom stereocenters. The molecule has 4 rings (SSSR count).